The zero-order valence-electron chi connectivity index (χ0n) is 17.7. The van der Waals surface area contributed by atoms with Gasteiger partial charge in [0.15, 0.2) is 0 Å². The molecule has 0 spiro atoms. The predicted octanol–water partition coefficient (Wildman–Crippen LogP) is 5.30. The van der Waals surface area contributed by atoms with Crippen molar-refractivity contribution in [2.24, 2.45) is 17.8 Å². The Labute approximate surface area is 177 Å². The second-order valence-corrected chi connectivity index (χ2v) is 10.4. The van der Waals surface area contributed by atoms with E-state index in [-0.39, 0.29) is 16.0 Å². The lowest BCUT2D eigenvalue weighted by molar-refractivity contribution is -0.384. The predicted molar refractivity (Wildman–Crippen MR) is 116 cm³/mol. The van der Waals surface area contributed by atoms with Gasteiger partial charge in [0.1, 0.15) is 5.82 Å². The summed E-state index contributed by atoms with van der Waals surface area (Å²) in [6, 6.07) is 5.13. The van der Waals surface area contributed by atoms with Crippen molar-refractivity contribution in [2.75, 3.05) is 11.9 Å². The summed E-state index contributed by atoms with van der Waals surface area (Å²) >= 11 is 0. The van der Waals surface area contributed by atoms with Crippen LogP contribution in [0.2, 0.25) is 0 Å². The number of nitrogens with one attached hydrogen (secondary N) is 1. The van der Waals surface area contributed by atoms with Crippen LogP contribution < -0.4 is 5.32 Å². The Morgan fingerprint density at radius 2 is 1.83 bits per heavy atom. The first-order chi connectivity index (χ1) is 14.5. The molecule has 158 valence electrons. The number of nitro groups is 1. The minimum absolute atomic E-state index is 0.129. The second-order valence-electron chi connectivity index (χ2n) is 10.4. The van der Waals surface area contributed by atoms with Crippen LogP contribution in [0.4, 0.5) is 11.5 Å². The SMILES string of the molecule is Cc1ccc([N+](=O)[O-])cc1-n1nc(C23CC4CC(CC(C4)C2)C3)c2c1NCCCC2. The van der Waals surface area contributed by atoms with E-state index < -0.39 is 0 Å². The fraction of sp³-hybridized carbons (Fsp3) is 0.625. The first kappa shape index (κ1) is 18.4. The number of nitro benzene ring substituents is 1. The highest BCUT2D eigenvalue weighted by atomic mass is 16.6. The minimum Gasteiger partial charge on any atom is -0.370 e. The average Bonchev–Trinajstić information content (AvgIpc) is 2.89. The quantitative estimate of drug-likeness (QED) is 0.554. The maximum Gasteiger partial charge on any atom is 0.271 e. The molecule has 30 heavy (non-hydrogen) atoms. The number of rotatable bonds is 3. The molecular formula is C24H30N4O2. The van der Waals surface area contributed by atoms with E-state index in [1.807, 2.05) is 17.7 Å². The van der Waals surface area contributed by atoms with Gasteiger partial charge in [-0.15, -0.1) is 0 Å². The zero-order chi connectivity index (χ0) is 20.5. The van der Waals surface area contributed by atoms with Crippen LogP contribution >= 0.6 is 0 Å². The zero-order valence-corrected chi connectivity index (χ0v) is 17.7. The van der Waals surface area contributed by atoms with Crippen molar-refractivity contribution in [1.82, 2.24) is 9.78 Å². The Kier molecular flexibility index (Phi) is 4.03. The maximum absolute atomic E-state index is 11.4. The largest absolute Gasteiger partial charge is 0.370 e. The van der Waals surface area contributed by atoms with Crippen molar-refractivity contribution in [1.29, 1.82) is 0 Å². The summed E-state index contributed by atoms with van der Waals surface area (Å²) in [6.45, 7) is 2.96. The highest BCUT2D eigenvalue weighted by molar-refractivity contribution is 5.59. The Balaban J connectivity index is 1.53. The summed E-state index contributed by atoms with van der Waals surface area (Å²) < 4.78 is 2.01. The van der Waals surface area contributed by atoms with Crippen LogP contribution in [0.1, 0.15) is 68.2 Å². The lowest BCUT2D eigenvalue weighted by Crippen LogP contribution is -2.49. The van der Waals surface area contributed by atoms with Crippen LogP contribution in [0.15, 0.2) is 18.2 Å². The van der Waals surface area contributed by atoms with Crippen molar-refractivity contribution in [2.45, 2.75) is 70.1 Å². The molecule has 1 aromatic carbocycles. The number of hydrogen-bond donors (Lipinski definition) is 1. The number of nitrogens with zero attached hydrogens (tertiary/aromatic N) is 3. The summed E-state index contributed by atoms with van der Waals surface area (Å²) in [5.41, 5.74) is 4.92. The van der Waals surface area contributed by atoms with Gasteiger partial charge in [-0.05, 0) is 88.0 Å². The molecule has 6 nitrogen and oxygen atoms in total. The molecule has 2 aromatic rings. The van der Waals surface area contributed by atoms with Crippen LogP contribution in [0.3, 0.4) is 0 Å². The number of non-ortho nitro benzene ring substituents is 1. The van der Waals surface area contributed by atoms with Gasteiger partial charge in [0.05, 0.1) is 16.3 Å². The van der Waals surface area contributed by atoms with E-state index in [2.05, 4.69) is 5.32 Å². The van der Waals surface area contributed by atoms with Gasteiger partial charge in [-0.3, -0.25) is 10.1 Å². The lowest BCUT2D eigenvalue weighted by Gasteiger charge is -2.56. The van der Waals surface area contributed by atoms with Gasteiger partial charge in [0.25, 0.3) is 5.69 Å². The van der Waals surface area contributed by atoms with E-state index in [0.29, 0.717) is 0 Å². The number of aromatic nitrogens is 2. The molecule has 2 heterocycles. The molecule has 7 rings (SSSR count). The van der Waals surface area contributed by atoms with Crippen LogP contribution in [-0.2, 0) is 11.8 Å². The van der Waals surface area contributed by atoms with E-state index in [9.17, 15) is 10.1 Å². The third kappa shape index (κ3) is 2.72. The highest BCUT2D eigenvalue weighted by Gasteiger charge is 2.53. The molecular weight excluding hydrogens is 376 g/mol. The van der Waals surface area contributed by atoms with Crippen molar-refractivity contribution in [3.05, 3.63) is 45.1 Å². The van der Waals surface area contributed by atoms with Crippen molar-refractivity contribution >= 4 is 11.5 Å². The fourth-order valence-corrected chi connectivity index (χ4v) is 7.44. The van der Waals surface area contributed by atoms with E-state index in [0.717, 1.165) is 54.2 Å². The Hall–Kier alpha value is -2.37. The molecule has 0 saturated heterocycles. The first-order valence-electron chi connectivity index (χ1n) is 11.6. The lowest BCUT2D eigenvalue weighted by atomic mass is 9.48. The summed E-state index contributed by atoms with van der Waals surface area (Å²) in [4.78, 5) is 11.1. The number of anilines is 1. The molecule has 6 heteroatoms. The Morgan fingerprint density at radius 1 is 1.13 bits per heavy atom. The molecule has 1 aromatic heterocycles. The van der Waals surface area contributed by atoms with Gasteiger partial charge >= 0.3 is 0 Å². The van der Waals surface area contributed by atoms with E-state index in [4.69, 9.17) is 5.10 Å². The summed E-state index contributed by atoms with van der Waals surface area (Å²) in [6.07, 6.45) is 11.5. The number of fused-ring (bicyclic) bond motifs is 1. The van der Waals surface area contributed by atoms with Crippen LogP contribution in [0.5, 0.6) is 0 Å². The van der Waals surface area contributed by atoms with Gasteiger partial charge in [0, 0.05) is 29.7 Å². The average molecular weight is 407 g/mol. The minimum atomic E-state index is -0.307. The second kappa shape index (κ2) is 6.56. The van der Waals surface area contributed by atoms with Gasteiger partial charge in [-0.25, -0.2) is 4.68 Å². The normalized spacial score (nSPS) is 31.8. The Morgan fingerprint density at radius 3 is 2.50 bits per heavy atom. The van der Waals surface area contributed by atoms with Crippen LogP contribution in [-0.4, -0.2) is 21.2 Å². The van der Waals surface area contributed by atoms with Crippen LogP contribution in [0, 0.1) is 34.8 Å². The third-order valence-electron chi connectivity index (χ3n) is 8.30. The number of hydrogen-bond acceptors (Lipinski definition) is 4. The number of benzene rings is 1. The third-order valence-corrected chi connectivity index (χ3v) is 8.30. The highest BCUT2D eigenvalue weighted by Crippen LogP contribution is 2.61. The van der Waals surface area contributed by atoms with Gasteiger partial charge in [-0.1, -0.05) is 6.07 Å². The van der Waals surface area contributed by atoms with Crippen molar-refractivity contribution in [3.63, 3.8) is 0 Å². The fourth-order valence-electron chi connectivity index (χ4n) is 7.44. The molecule has 4 bridgehead atoms. The molecule has 0 amide bonds. The molecule has 4 saturated carbocycles. The van der Waals surface area contributed by atoms with E-state index in [1.165, 1.54) is 56.2 Å². The molecule has 1 aliphatic heterocycles. The van der Waals surface area contributed by atoms with Gasteiger partial charge in [0.2, 0.25) is 0 Å². The Bertz CT molecular complexity index is 989. The number of aryl methyl sites for hydroxylation is 1. The molecule has 4 fully saturated rings. The van der Waals surface area contributed by atoms with Gasteiger partial charge < -0.3 is 5.32 Å². The molecule has 4 aliphatic carbocycles. The van der Waals surface area contributed by atoms with Crippen molar-refractivity contribution < 1.29 is 4.92 Å². The molecule has 1 N–H and O–H groups in total. The van der Waals surface area contributed by atoms with E-state index >= 15 is 0 Å². The summed E-state index contributed by atoms with van der Waals surface area (Å²) in [5, 5.41) is 20.4. The van der Waals surface area contributed by atoms with Gasteiger partial charge in [-0.2, -0.15) is 5.10 Å². The maximum atomic E-state index is 11.4. The molecule has 5 aliphatic rings. The summed E-state index contributed by atoms with van der Waals surface area (Å²) in [5.74, 6) is 3.70. The smallest absolute Gasteiger partial charge is 0.271 e. The molecule has 0 unspecified atom stereocenters. The first-order valence-corrected chi connectivity index (χ1v) is 11.6. The topological polar surface area (TPSA) is 73.0 Å². The molecule has 0 radical (unpaired) electrons. The summed E-state index contributed by atoms with van der Waals surface area (Å²) in [7, 11) is 0. The molecule has 0 atom stereocenters. The van der Waals surface area contributed by atoms with Crippen molar-refractivity contribution in [3.8, 4) is 5.69 Å². The van der Waals surface area contributed by atoms with E-state index in [1.54, 1.807) is 12.1 Å². The monoisotopic (exact) mass is 406 g/mol. The standard InChI is InChI=1S/C24H30N4O2/c1-15-5-6-19(28(29)30)11-21(15)27-23-20(4-2-3-7-25-23)22(26-27)24-12-16-8-17(13-24)10-18(9-16)14-24/h5-6,11,16-18,25H,2-4,7-10,12-14H2,1H3. The van der Waals surface area contributed by atoms with Crippen LogP contribution in [0.25, 0.3) is 5.69 Å².